The molecule has 2 heterocycles. The first-order chi connectivity index (χ1) is 8.75. The van der Waals surface area contributed by atoms with Gasteiger partial charge in [-0.05, 0) is 25.5 Å². The molecule has 0 aliphatic carbocycles. The quantitative estimate of drug-likeness (QED) is 0.782. The van der Waals surface area contributed by atoms with Crippen molar-refractivity contribution >= 4 is 5.91 Å². The third kappa shape index (κ3) is 3.41. The van der Waals surface area contributed by atoms with Gasteiger partial charge in [-0.15, -0.1) is 0 Å². The highest BCUT2D eigenvalue weighted by molar-refractivity contribution is 5.93. The maximum Gasteiger partial charge on any atom is 0.252 e. The SMILES string of the molecule is Cc1ccc(C(=O)NCCCc2ncc[nH]2)cn1. The number of aromatic amines is 1. The van der Waals surface area contributed by atoms with Crippen LogP contribution < -0.4 is 5.32 Å². The van der Waals surface area contributed by atoms with Crippen LogP contribution in [0.3, 0.4) is 0 Å². The molecule has 0 fully saturated rings. The molecule has 0 spiro atoms. The van der Waals surface area contributed by atoms with Gasteiger partial charge in [-0.2, -0.15) is 0 Å². The Labute approximate surface area is 106 Å². The lowest BCUT2D eigenvalue weighted by atomic mass is 10.2. The number of nitrogens with one attached hydrogen (secondary N) is 2. The largest absolute Gasteiger partial charge is 0.352 e. The normalized spacial score (nSPS) is 10.3. The van der Waals surface area contributed by atoms with Crippen LogP contribution in [0.1, 0.15) is 28.3 Å². The Balaban J connectivity index is 1.73. The first-order valence-corrected chi connectivity index (χ1v) is 5.95. The summed E-state index contributed by atoms with van der Waals surface area (Å²) in [5.74, 6) is 0.864. The van der Waals surface area contributed by atoms with Gasteiger partial charge in [-0.1, -0.05) is 0 Å². The van der Waals surface area contributed by atoms with E-state index in [0.29, 0.717) is 12.1 Å². The molecule has 5 nitrogen and oxygen atoms in total. The van der Waals surface area contributed by atoms with Crippen LogP contribution in [0.4, 0.5) is 0 Å². The van der Waals surface area contributed by atoms with Crippen molar-refractivity contribution < 1.29 is 4.79 Å². The average Bonchev–Trinajstić information content (AvgIpc) is 2.88. The van der Waals surface area contributed by atoms with Crippen LogP contribution in [0.25, 0.3) is 0 Å². The van der Waals surface area contributed by atoms with Gasteiger partial charge in [0.1, 0.15) is 5.82 Å². The van der Waals surface area contributed by atoms with Crippen LogP contribution >= 0.6 is 0 Å². The Morgan fingerprint density at radius 2 is 2.28 bits per heavy atom. The molecule has 2 aromatic rings. The number of rotatable bonds is 5. The zero-order valence-electron chi connectivity index (χ0n) is 10.3. The number of pyridine rings is 1. The molecule has 0 aliphatic rings. The second-order valence-corrected chi connectivity index (χ2v) is 4.08. The lowest BCUT2D eigenvalue weighted by molar-refractivity contribution is 0.0953. The van der Waals surface area contributed by atoms with Gasteiger partial charge >= 0.3 is 0 Å². The van der Waals surface area contributed by atoms with Crippen molar-refractivity contribution in [1.82, 2.24) is 20.3 Å². The summed E-state index contributed by atoms with van der Waals surface area (Å²) in [6, 6.07) is 3.61. The molecule has 0 saturated carbocycles. The van der Waals surface area contributed by atoms with Crippen LogP contribution in [-0.4, -0.2) is 27.4 Å². The number of amides is 1. The summed E-state index contributed by atoms with van der Waals surface area (Å²) in [5.41, 5.74) is 1.50. The van der Waals surface area contributed by atoms with Crippen LogP contribution in [-0.2, 0) is 6.42 Å². The van der Waals surface area contributed by atoms with Crippen molar-refractivity contribution in [2.24, 2.45) is 0 Å². The molecular formula is C13H16N4O. The molecule has 5 heteroatoms. The van der Waals surface area contributed by atoms with E-state index in [1.807, 2.05) is 13.0 Å². The Hall–Kier alpha value is -2.17. The molecular weight excluding hydrogens is 228 g/mol. The topological polar surface area (TPSA) is 70.7 Å². The predicted octanol–water partition coefficient (Wildman–Crippen LogP) is 1.48. The zero-order chi connectivity index (χ0) is 12.8. The summed E-state index contributed by atoms with van der Waals surface area (Å²) in [6.45, 7) is 2.53. The van der Waals surface area contributed by atoms with E-state index in [0.717, 1.165) is 24.4 Å². The Morgan fingerprint density at radius 1 is 1.39 bits per heavy atom. The second-order valence-electron chi connectivity index (χ2n) is 4.08. The van der Waals surface area contributed by atoms with Gasteiger partial charge in [0.25, 0.3) is 5.91 Å². The number of H-pyrrole nitrogens is 1. The fourth-order valence-corrected chi connectivity index (χ4v) is 1.60. The van der Waals surface area contributed by atoms with E-state index >= 15 is 0 Å². The minimum absolute atomic E-state index is 0.0815. The first kappa shape index (κ1) is 12.3. The predicted molar refractivity (Wildman–Crippen MR) is 68.2 cm³/mol. The maximum atomic E-state index is 11.7. The van der Waals surface area contributed by atoms with E-state index in [1.165, 1.54) is 0 Å². The summed E-state index contributed by atoms with van der Waals surface area (Å²) in [5, 5.41) is 2.86. The van der Waals surface area contributed by atoms with Gasteiger partial charge in [0.15, 0.2) is 0 Å². The molecule has 0 radical (unpaired) electrons. The lowest BCUT2D eigenvalue weighted by Crippen LogP contribution is -2.25. The number of imidazole rings is 1. The maximum absolute atomic E-state index is 11.7. The average molecular weight is 244 g/mol. The number of hydrogen-bond donors (Lipinski definition) is 2. The van der Waals surface area contributed by atoms with Crippen LogP contribution in [0.2, 0.25) is 0 Å². The fourth-order valence-electron chi connectivity index (χ4n) is 1.60. The molecule has 0 aliphatic heterocycles. The molecule has 2 rings (SSSR count). The van der Waals surface area contributed by atoms with E-state index in [1.54, 1.807) is 24.7 Å². The highest BCUT2D eigenvalue weighted by atomic mass is 16.1. The van der Waals surface area contributed by atoms with Gasteiger partial charge in [0.2, 0.25) is 0 Å². The molecule has 0 aromatic carbocycles. The molecule has 2 N–H and O–H groups in total. The Morgan fingerprint density at radius 3 is 2.94 bits per heavy atom. The van der Waals surface area contributed by atoms with Crippen molar-refractivity contribution in [1.29, 1.82) is 0 Å². The van der Waals surface area contributed by atoms with Crippen molar-refractivity contribution in [3.63, 3.8) is 0 Å². The zero-order valence-corrected chi connectivity index (χ0v) is 10.3. The van der Waals surface area contributed by atoms with Gasteiger partial charge in [0.05, 0.1) is 5.56 Å². The van der Waals surface area contributed by atoms with Crippen molar-refractivity contribution in [3.05, 3.63) is 47.8 Å². The molecule has 0 bridgehead atoms. The summed E-state index contributed by atoms with van der Waals surface area (Å²) < 4.78 is 0. The number of carbonyl (C=O) groups excluding carboxylic acids is 1. The molecule has 2 aromatic heterocycles. The van der Waals surface area contributed by atoms with E-state index in [9.17, 15) is 4.79 Å². The van der Waals surface area contributed by atoms with Crippen LogP contribution in [0.15, 0.2) is 30.7 Å². The van der Waals surface area contributed by atoms with Crippen molar-refractivity contribution in [2.75, 3.05) is 6.54 Å². The van der Waals surface area contributed by atoms with Gasteiger partial charge in [-0.25, -0.2) is 4.98 Å². The van der Waals surface area contributed by atoms with Crippen LogP contribution in [0.5, 0.6) is 0 Å². The van der Waals surface area contributed by atoms with Crippen molar-refractivity contribution in [3.8, 4) is 0 Å². The fraction of sp³-hybridized carbons (Fsp3) is 0.308. The summed E-state index contributed by atoms with van der Waals surface area (Å²) >= 11 is 0. The Kier molecular flexibility index (Phi) is 4.06. The summed E-state index contributed by atoms with van der Waals surface area (Å²) in [4.78, 5) is 23.0. The van der Waals surface area contributed by atoms with Gasteiger partial charge < -0.3 is 10.3 Å². The minimum atomic E-state index is -0.0815. The third-order valence-electron chi connectivity index (χ3n) is 2.60. The van der Waals surface area contributed by atoms with E-state index in [2.05, 4.69) is 20.3 Å². The molecule has 94 valence electrons. The van der Waals surface area contributed by atoms with E-state index in [-0.39, 0.29) is 5.91 Å². The molecule has 0 saturated heterocycles. The number of hydrogen-bond acceptors (Lipinski definition) is 3. The summed E-state index contributed by atoms with van der Waals surface area (Å²) in [6.07, 6.45) is 6.81. The van der Waals surface area contributed by atoms with E-state index in [4.69, 9.17) is 0 Å². The number of carbonyl (C=O) groups is 1. The standard InChI is InChI=1S/C13H16N4O/c1-10-4-5-11(9-17-10)13(18)16-6-2-3-12-14-7-8-15-12/h4-5,7-9H,2-3,6H2,1H3,(H,14,15)(H,16,18). The number of aryl methyl sites for hydroxylation is 2. The Bertz CT molecular complexity index is 490. The monoisotopic (exact) mass is 244 g/mol. The third-order valence-corrected chi connectivity index (χ3v) is 2.60. The smallest absolute Gasteiger partial charge is 0.252 e. The van der Waals surface area contributed by atoms with Crippen molar-refractivity contribution in [2.45, 2.75) is 19.8 Å². The van der Waals surface area contributed by atoms with E-state index < -0.39 is 0 Å². The number of nitrogens with zero attached hydrogens (tertiary/aromatic N) is 2. The second kappa shape index (κ2) is 5.95. The molecule has 18 heavy (non-hydrogen) atoms. The molecule has 1 amide bonds. The highest BCUT2D eigenvalue weighted by Gasteiger charge is 2.04. The molecule has 0 atom stereocenters. The number of aromatic nitrogens is 3. The van der Waals surface area contributed by atoms with Gasteiger partial charge in [-0.3, -0.25) is 9.78 Å². The molecule has 0 unspecified atom stereocenters. The van der Waals surface area contributed by atoms with Crippen LogP contribution in [0, 0.1) is 6.92 Å². The van der Waals surface area contributed by atoms with Gasteiger partial charge in [0, 0.05) is 37.3 Å². The first-order valence-electron chi connectivity index (χ1n) is 5.95. The minimum Gasteiger partial charge on any atom is -0.352 e. The lowest BCUT2D eigenvalue weighted by Gasteiger charge is -2.04. The highest BCUT2D eigenvalue weighted by Crippen LogP contribution is 1.99. The summed E-state index contributed by atoms with van der Waals surface area (Å²) in [7, 11) is 0.